The molecule has 1 fully saturated rings. The summed E-state index contributed by atoms with van der Waals surface area (Å²) in [6.07, 6.45) is 0.895. The standard InChI is InChI=1S/C16H16N4O3/c1-10-12-4-2-3-5-13(12)16(21)20(18-10)8-14-17-15(19-23-14)11-6-7-22-9-11/h2-5,11H,6-9H2,1H3/t11-/m1/s1. The molecule has 7 nitrogen and oxygen atoms in total. The van der Waals surface area contributed by atoms with E-state index in [1.165, 1.54) is 4.68 Å². The zero-order valence-electron chi connectivity index (χ0n) is 12.7. The number of benzene rings is 1. The number of hydrogen-bond acceptors (Lipinski definition) is 6. The number of fused-ring (bicyclic) bond motifs is 1. The molecule has 7 heteroatoms. The van der Waals surface area contributed by atoms with Gasteiger partial charge in [0.25, 0.3) is 5.56 Å². The first-order chi connectivity index (χ1) is 11.2. The van der Waals surface area contributed by atoms with Crippen molar-refractivity contribution >= 4 is 10.8 Å². The topological polar surface area (TPSA) is 83.0 Å². The van der Waals surface area contributed by atoms with E-state index in [1.807, 2.05) is 25.1 Å². The zero-order valence-corrected chi connectivity index (χ0v) is 12.7. The summed E-state index contributed by atoms with van der Waals surface area (Å²) in [6, 6.07) is 7.44. The fourth-order valence-corrected chi connectivity index (χ4v) is 2.88. The summed E-state index contributed by atoms with van der Waals surface area (Å²) in [4.78, 5) is 16.9. The van der Waals surface area contributed by atoms with Crippen LogP contribution < -0.4 is 5.56 Å². The Morgan fingerprint density at radius 1 is 1.30 bits per heavy atom. The molecule has 0 aliphatic carbocycles. The molecule has 3 aromatic rings. The van der Waals surface area contributed by atoms with E-state index in [2.05, 4.69) is 15.2 Å². The van der Waals surface area contributed by atoms with Crippen molar-refractivity contribution in [3.05, 3.63) is 52.0 Å². The highest BCUT2D eigenvalue weighted by Crippen LogP contribution is 2.22. The third-order valence-corrected chi connectivity index (χ3v) is 4.12. The second-order valence-electron chi connectivity index (χ2n) is 5.70. The number of aromatic nitrogens is 4. The summed E-state index contributed by atoms with van der Waals surface area (Å²) >= 11 is 0. The molecule has 0 saturated carbocycles. The SMILES string of the molecule is Cc1nn(Cc2nc([C@@H]3CCOC3)no2)c(=O)c2ccccc12. The molecule has 118 valence electrons. The Kier molecular flexibility index (Phi) is 3.42. The van der Waals surface area contributed by atoms with E-state index in [0.29, 0.717) is 23.7 Å². The predicted molar refractivity (Wildman–Crippen MR) is 82.3 cm³/mol. The highest BCUT2D eigenvalue weighted by Gasteiger charge is 2.23. The van der Waals surface area contributed by atoms with Gasteiger partial charge in [0.15, 0.2) is 5.82 Å². The monoisotopic (exact) mass is 312 g/mol. The van der Waals surface area contributed by atoms with E-state index in [4.69, 9.17) is 9.26 Å². The van der Waals surface area contributed by atoms with E-state index in [9.17, 15) is 4.79 Å². The van der Waals surface area contributed by atoms with Crippen LogP contribution in [0.15, 0.2) is 33.6 Å². The van der Waals surface area contributed by atoms with Crippen LogP contribution in [0.1, 0.15) is 29.7 Å². The first kappa shape index (κ1) is 14.1. The molecule has 1 saturated heterocycles. The molecule has 0 spiro atoms. The van der Waals surface area contributed by atoms with Crippen molar-refractivity contribution in [2.45, 2.75) is 25.8 Å². The van der Waals surface area contributed by atoms with E-state index in [0.717, 1.165) is 24.1 Å². The van der Waals surface area contributed by atoms with Crippen molar-refractivity contribution < 1.29 is 9.26 Å². The molecule has 23 heavy (non-hydrogen) atoms. The maximum absolute atomic E-state index is 12.5. The second-order valence-corrected chi connectivity index (χ2v) is 5.70. The van der Waals surface area contributed by atoms with Crippen LogP contribution in [0.2, 0.25) is 0 Å². The van der Waals surface area contributed by atoms with Crippen LogP contribution >= 0.6 is 0 Å². The molecule has 0 unspecified atom stereocenters. The largest absolute Gasteiger partial charge is 0.381 e. The molecule has 1 aliphatic rings. The lowest BCUT2D eigenvalue weighted by Gasteiger charge is -2.06. The highest BCUT2D eigenvalue weighted by atomic mass is 16.5. The van der Waals surface area contributed by atoms with Crippen LogP contribution in [0.25, 0.3) is 10.8 Å². The minimum Gasteiger partial charge on any atom is -0.381 e. The van der Waals surface area contributed by atoms with Crippen molar-refractivity contribution in [2.75, 3.05) is 13.2 Å². The lowest BCUT2D eigenvalue weighted by Crippen LogP contribution is -2.24. The minimum atomic E-state index is -0.157. The van der Waals surface area contributed by atoms with Gasteiger partial charge in [-0.2, -0.15) is 10.1 Å². The van der Waals surface area contributed by atoms with Gasteiger partial charge >= 0.3 is 0 Å². The number of rotatable bonds is 3. The Morgan fingerprint density at radius 2 is 2.13 bits per heavy atom. The fraction of sp³-hybridized carbons (Fsp3) is 0.375. The third kappa shape index (κ3) is 2.53. The van der Waals surface area contributed by atoms with Gasteiger partial charge in [-0.15, -0.1) is 0 Å². The lowest BCUT2D eigenvalue weighted by molar-refractivity contribution is 0.192. The molecular weight excluding hydrogens is 296 g/mol. The molecule has 1 aliphatic heterocycles. The Morgan fingerprint density at radius 3 is 2.91 bits per heavy atom. The lowest BCUT2D eigenvalue weighted by atomic mass is 10.1. The van der Waals surface area contributed by atoms with Crippen LogP contribution in [-0.2, 0) is 11.3 Å². The molecule has 0 bridgehead atoms. The Bertz CT molecular complexity index is 909. The molecular formula is C16H16N4O3. The fourth-order valence-electron chi connectivity index (χ4n) is 2.88. The van der Waals surface area contributed by atoms with Gasteiger partial charge in [-0.1, -0.05) is 23.4 Å². The maximum Gasteiger partial charge on any atom is 0.275 e. The van der Waals surface area contributed by atoms with Crippen molar-refractivity contribution in [3.8, 4) is 0 Å². The highest BCUT2D eigenvalue weighted by molar-refractivity contribution is 5.83. The zero-order chi connectivity index (χ0) is 15.8. The molecule has 0 N–H and O–H groups in total. The summed E-state index contributed by atoms with van der Waals surface area (Å²) < 4.78 is 12.0. The first-order valence-electron chi connectivity index (χ1n) is 7.59. The molecule has 2 aromatic heterocycles. The van der Waals surface area contributed by atoms with Crippen molar-refractivity contribution in [1.29, 1.82) is 0 Å². The van der Waals surface area contributed by atoms with Crippen LogP contribution in [0.5, 0.6) is 0 Å². The van der Waals surface area contributed by atoms with Gasteiger partial charge in [0, 0.05) is 17.9 Å². The average molecular weight is 312 g/mol. The Labute approximate surface area is 131 Å². The molecule has 3 heterocycles. The number of nitrogens with zero attached hydrogens (tertiary/aromatic N) is 4. The van der Waals surface area contributed by atoms with Crippen molar-refractivity contribution in [1.82, 2.24) is 19.9 Å². The van der Waals surface area contributed by atoms with Crippen molar-refractivity contribution in [3.63, 3.8) is 0 Å². The Balaban J connectivity index is 1.68. The van der Waals surface area contributed by atoms with Crippen LogP contribution in [-0.4, -0.2) is 33.1 Å². The van der Waals surface area contributed by atoms with Gasteiger partial charge in [0.2, 0.25) is 5.89 Å². The first-order valence-corrected chi connectivity index (χ1v) is 7.59. The summed E-state index contributed by atoms with van der Waals surface area (Å²) in [5.74, 6) is 1.20. The van der Waals surface area contributed by atoms with Crippen LogP contribution in [0.3, 0.4) is 0 Å². The van der Waals surface area contributed by atoms with Gasteiger partial charge in [-0.05, 0) is 19.4 Å². The van der Waals surface area contributed by atoms with Gasteiger partial charge < -0.3 is 9.26 Å². The molecule has 1 aromatic carbocycles. The van der Waals surface area contributed by atoms with Gasteiger partial charge in [0.1, 0.15) is 6.54 Å². The normalized spacial score (nSPS) is 17.9. The summed E-state index contributed by atoms with van der Waals surface area (Å²) in [6.45, 7) is 3.39. The smallest absolute Gasteiger partial charge is 0.275 e. The van der Waals surface area contributed by atoms with Gasteiger partial charge in [-0.25, -0.2) is 4.68 Å². The van der Waals surface area contributed by atoms with E-state index >= 15 is 0 Å². The van der Waals surface area contributed by atoms with E-state index in [-0.39, 0.29) is 18.0 Å². The third-order valence-electron chi connectivity index (χ3n) is 4.12. The predicted octanol–water partition coefficient (Wildman–Crippen LogP) is 1.64. The van der Waals surface area contributed by atoms with E-state index < -0.39 is 0 Å². The molecule has 0 amide bonds. The molecule has 1 atom stereocenters. The number of ether oxygens (including phenoxy) is 1. The molecule has 4 rings (SSSR count). The van der Waals surface area contributed by atoms with Gasteiger partial charge in [-0.3, -0.25) is 4.79 Å². The van der Waals surface area contributed by atoms with Crippen LogP contribution in [0.4, 0.5) is 0 Å². The Hall–Kier alpha value is -2.54. The second kappa shape index (κ2) is 5.58. The number of aryl methyl sites for hydroxylation is 1. The minimum absolute atomic E-state index is 0.157. The summed E-state index contributed by atoms with van der Waals surface area (Å²) in [5, 5.41) is 9.86. The van der Waals surface area contributed by atoms with Crippen molar-refractivity contribution in [2.24, 2.45) is 0 Å². The van der Waals surface area contributed by atoms with Gasteiger partial charge in [0.05, 0.1) is 17.7 Å². The van der Waals surface area contributed by atoms with Crippen LogP contribution in [0, 0.1) is 6.92 Å². The number of hydrogen-bond donors (Lipinski definition) is 0. The quantitative estimate of drug-likeness (QED) is 0.731. The molecule has 0 radical (unpaired) electrons. The summed E-state index contributed by atoms with van der Waals surface area (Å²) in [7, 11) is 0. The average Bonchev–Trinajstić information content (AvgIpc) is 3.23. The summed E-state index contributed by atoms with van der Waals surface area (Å²) in [5.41, 5.74) is 0.638. The maximum atomic E-state index is 12.5. The van der Waals surface area contributed by atoms with E-state index in [1.54, 1.807) is 6.07 Å².